The van der Waals surface area contributed by atoms with E-state index in [0.29, 0.717) is 21.7 Å². The van der Waals surface area contributed by atoms with E-state index in [1.807, 2.05) is 25.1 Å². The molecule has 186 valence electrons. The van der Waals surface area contributed by atoms with Gasteiger partial charge in [-0.15, -0.1) is 22.7 Å². The zero-order valence-corrected chi connectivity index (χ0v) is 20.8. The summed E-state index contributed by atoms with van der Waals surface area (Å²) in [7, 11) is 0. The summed E-state index contributed by atoms with van der Waals surface area (Å²) in [5, 5.41) is 26.9. The van der Waals surface area contributed by atoms with Gasteiger partial charge in [-0.1, -0.05) is 25.1 Å². The molecular weight excluding hydrogens is 502 g/mol. The smallest absolute Gasteiger partial charge is 0.328 e. The number of hydrogen-bond acceptors (Lipinski definition) is 7. The first kappa shape index (κ1) is 25.1. The minimum absolute atomic E-state index is 0.260. The number of aromatic amines is 1. The molecule has 0 aliphatic rings. The SMILES string of the molecule is CCc1cc(C(=O)NCc2cccc3[nH]ncc23)sc1C(=O)N[C@@H](CNC(=O)c1cccs1)C(=O)O. The lowest BCUT2D eigenvalue weighted by Gasteiger charge is -2.15. The van der Waals surface area contributed by atoms with E-state index in [1.165, 1.54) is 11.3 Å². The number of benzene rings is 1. The molecule has 12 heteroatoms. The van der Waals surface area contributed by atoms with E-state index < -0.39 is 23.8 Å². The van der Waals surface area contributed by atoms with E-state index in [0.717, 1.165) is 27.8 Å². The van der Waals surface area contributed by atoms with Gasteiger partial charge in [-0.05, 0) is 41.1 Å². The second kappa shape index (κ2) is 11.1. The maximum absolute atomic E-state index is 12.9. The third-order valence-electron chi connectivity index (χ3n) is 5.45. The third kappa shape index (κ3) is 5.61. The van der Waals surface area contributed by atoms with Crippen LogP contribution in [0.15, 0.2) is 48.0 Å². The quantitative estimate of drug-likeness (QED) is 0.215. The Balaban J connectivity index is 1.41. The Morgan fingerprint density at radius 2 is 1.83 bits per heavy atom. The number of carbonyl (C=O) groups is 4. The Bertz CT molecular complexity index is 1410. The molecule has 0 bridgehead atoms. The van der Waals surface area contributed by atoms with E-state index in [-0.39, 0.29) is 23.9 Å². The molecule has 0 fully saturated rings. The van der Waals surface area contributed by atoms with E-state index in [4.69, 9.17) is 0 Å². The Morgan fingerprint density at radius 3 is 2.56 bits per heavy atom. The van der Waals surface area contributed by atoms with Crippen LogP contribution in [0.2, 0.25) is 0 Å². The van der Waals surface area contributed by atoms with Gasteiger partial charge in [0.25, 0.3) is 17.7 Å². The van der Waals surface area contributed by atoms with Crippen molar-refractivity contribution in [3.63, 3.8) is 0 Å². The predicted octanol–water partition coefficient (Wildman–Crippen LogP) is 2.79. The molecule has 3 heterocycles. The average Bonchev–Trinajstić information content (AvgIpc) is 3.64. The lowest BCUT2D eigenvalue weighted by molar-refractivity contribution is -0.139. The number of nitrogens with one attached hydrogen (secondary N) is 4. The fourth-order valence-corrected chi connectivity index (χ4v) is 5.27. The number of amides is 3. The molecule has 0 saturated heterocycles. The number of aliphatic carboxylic acids is 1. The van der Waals surface area contributed by atoms with Crippen molar-refractivity contribution in [3.8, 4) is 0 Å². The molecule has 0 aliphatic carbocycles. The van der Waals surface area contributed by atoms with Gasteiger partial charge in [0.1, 0.15) is 6.04 Å². The van der Waals surface area contributed by atoms with Crippen LogP contribution >= 0.6 is 22.7 Å². The maximum Gasteiger partial charge on any atom is 0.328 e. The van der Waals surface area contributed by atoms with E-state index in [2.05, 4.69) is 26.1 Å². The Morgan fingerprint density at radius 1 is 1.03 bits per heavy atom. The van der Waals surface area contributed by atoms with Crippen LogP contribution < -0.4 is 16.0 Å². The third-order valence-corrected chi connectivity index (χ3v) is 7.49. The van der Waals surface area contributed by atoms with Crippen LogP contribution in [-0.4, -0.2) is 51.6 Å². The van der Waals surface area contributed by atoms with Crippen molar-refractivity contribution in [2.75, 3.05) is 6.54 Å². The first-order chi connectivity index (χ1) is 17.4. The number of hydrogen-bond donors (Lipinski definition) is 5. The van der Waals surface area contributed by atoms with Gasteiger partial charge < -0.3 is 21.1 Å². The number of aryl methyl sites for hydroxylation is 1. The fraction of sp³-hybridized carbons (Fsp3) is 0.208. The molecule has 3 aromatic heterocycles. The number of nitrogens with zero attached hydrogens (tertiary/aromatic N) is 1. The molecule has 0 saturated carbocycles. The van der Waals surface area contributed by atoms with Crippen molar-refractivity contribution >= 4 is 57.3 Å². The minimum atomic E-state index is -1.33. The molecule has 4 rings (SSSR count). The molecule has 4 aromatic rings. The first-order valence-corrected chi connectivity index (χ1v) is 12.7. The predicted molar refractivity (Wildman–Crippen MR) is 137 cm³/mol. The average molecular weight is 526 g/mol. The molecule has 36 heavy (non-hydrogen) atoms. The number of H-pyrrole nitrogens is 1. The van der Waals surface area contributed by atoms with Crippen LogP contribution in [-0.2, 0) is 17.8 Å². The van der Waals surface area contributed by atoms with Crippen LogP contribution in [0, 0.1) is 0 Å². The van der Waals surface area contributed by atoms with Gasteiger partial charge in [0, 0.05) is 18.5 Å². The number of thiophene rings is 2. The summed E-state index contributed by atoms with van der Waals surface area (Å²) in [5.41, 5.74) is 2.39. The zero-order valence-electron chi connectivity index (χ0n) is 19.2. The summed E-state index contributed by atoms with van der Waals surface area (Å²) >= 11 is 2.22. The molecule has 1 atom stereocenters. The minimum Gasteiger partial charge on any atom is -0.480 e. The molecule has 0 spiro atoms. The Hall–Kier alpha value is -4.03. The van der Waals surface area contributed by atoms with Gasteiger partial charge in [0.05, 0.1) is 26.3 Å². The van der Waals surface area contributed by atoms with Crippen molar-refractivity contribution in [2.45, 2.75) is 25.9 Å². The monoisotopic (exact) mass is 525 g/mol. The van der Waals surface area contributed by atoms with Crippen LogP contribution in [0.1, 0.15) is 47.1 Å². The Labute approximate surface area is 213 Å². The van der Waals surface area contributed by atoms with E-state index in [9.17, 15) is 24.3 Å². The summed E-state index contributed by atoms with van der Waals surface area (Å²) in [6.07, 6.45) is 2.18. The fourth-order valence-electron chi connectivity index (χ4n) is 3.56. The molecule has 1 aromatic carbocycles. The highest BCUT2D eigenvalue weighted by atomic mass is 32.1. The standard InChI is InChI=1S/C24H23N5O5S2/c1-2-13-9-19(22(31)25-10-14-5-3-6-16-15(14)11-27-29-16)36-20(13)23(32)28-17(24(33)34)12-26-21(30)18-7-4-8-35-18/h3-9,11,17H,2,10,12H2,1H3,(H,25,31)(H,26,30)(H,27,29)(H,28,32)(H,33,34)/t17-/m0/s1. The number of carbonyl (C=O) groups excluding carboxylic acids is 3. The zero-order chi connectivity index (χ0) is 25.7. The number of rotatable bonds is 10. The topological polar surface area (TPSA) is 153 Å². The maximum atomic E-state index is 12.9. The number of carboxylic acids is 1. The number of carboxylic acid groups (broad SMARTS) is 1. The summed E-state index contributed by atoms with van der Waals surface area (Å²) in [4.78, 5) is 50.6. The highest BCUT2D eigenvalue weighted by Crippen LogP contribution is 2.24. The molecular formula is C24H23N5O5S2. The van der Waals surface area contributed by atoms with Gasteiger partial charge in [0.2, 0.25) is 0 Å². The van der Waals surface area contributed by atoms with Crippen LogP contribution in [0.5, 0.6) is 0 Å². The summed E-state index contributed by atoms with van der Waals surface area (Å²) in [5.74, 6) is -2.65. The number of fused-ring (bicyclic) bond motifs is 1. The van der Waals surface area contributed by atoms with Gasteiger partial charge in [-0.3, -0.25) is 19.5 Å². The van der Waals surface area contributed by atoms with Crippen molar-refractivity contribution < 1.29 is 24.3 Å². The molecule has 0 aliphatic heterocycles. The molecule has 0 radical (unpaired) electrons. The van der Waals surface area contributed by atoms with Crippen LogP contribution in [0.4, 0.5) is 0 Å². The van der Waals surface area contributed by atoms with E-state index >= 15 is 0 Å². The van der Waals surface area contributed by atoms with Crippen molar-refractivity contribution in [3.05, 3.63) is 73.7 Å². The van der Waals surface area contributed by atoms with E-state index in [1.54, 1.807) is 29.8 Å². The lowest BCUT2D eigenvalue weighted by atomic mass is 10.1. The Kier molecular flexibility index (Phi) is 7.76. The normalized spacial score (nSPS) is 11.7. The second-order valence-corrected chi connectivity index (χ2v) is 9.80. The number of aromatic nitrogens is 2. The molecule has 5 N–H and O–H groups in total. The van der Waals surface area contributed by atoms with Crippen molar-refractivity contribution in [1.29, 1.82) is 0 Å². The van der Waals surface area contributed by atoms with Gasteiger partial charge >= 0.3 is 5.97 Å². The van der Waals surface area contributed by atoms with Crippen LogP contribution in [0.25, 0.3) is 10.9 Å². The lowest BCUT2D eigenvalue weighted by Crippen LogP contribution is -2.48. The summed E-state index contributed by atoms with van der Waals surface area (Å²) < 4.78 is 0. The summed E-state index contributed by atoms with van der Waals surface area (Å²) in [6.45, 7) is 1.84. The van der Waals surface area contributed by atoms with Gasteiger partial charge in [0.15, 0.2) is 0 Å². The molecule has 3 amide bonds. The second-order valence-electron chi connectivity index (χ2n) is 7.80. The summed E-state index contributed by atoms with van der Waals surface area (Å²) in [6, 6.07) is 9.30. The highest BCUT2D eigenvalue weighted by molar-refractivity contribution is 7.16. The first-order valence-electron chi connectivity index (χ1n) is 11.0. The highest BCUT2D eigenvalue weighted by Gasteiger charge is 2.25. The van der Waals surface area contributed by atoms with Crippen LogP contribution in [0.3, 0.4) is 0 Å². The van der Waals surface area contributed by atoms with Crippen molar-refractivity contribution in [1.82, 2.24) is 26.1 Å². The van der Waals surface area contributed by atoms with Crippen molar-refractivity contribution in [2.24, 2.45) is 0 Å². The van der Waals surface area contributed by atoms with Gasteiger partial charge in [-0.25, -0.2) is 4.79 Å². The molecule has 0 unspecified atom stereocenters. The van der Waals surface area contributed by atoms with Gasteiger partial charge in [-0.2, -0.15) is 5.10 Å². The molecule has 10 nitrogen and oxygen atoms in total. The largest absolute Gasteiger partial charge is 0.480 e.